The summed E-state index contributed by atoms with van der Waals surface area (Å²) in [6.45, 7) is 3.84. The second-order valence-electron chi connectivity index (χ2n) is 7.66. The summed E-state index contributed by atoms with van der Waals surface area (Å²) in [5.41, 5.74) is 3.84. The largest absolute Gasteiger partial charge is 0.496 e. The monoisotopic (exact) mass is 462 g/mol. The second-order valence-corrected chi connectivity index (χ2v) is 8.07. The van der Waals surface area contributed by atoms with E-state index in [1.165, 1.54) is 19.1 Å². The maximum absolute atomic E-state index is 13.7. The predicted octanol–water partition coefficient (Wildman–Crippen LogP) is 5.37. The van der Waals surface area contributed by atoms with Gasteiger partial charge in [-0.15, -0.1) is 0 Å². The molecule has 0 spiro atoms. The number of carbonyl (C=O) groups excluding carboxylic acids is 2. The Balaban J connectivity index is 1.87. The van der Waals surface area contributed by atoms with Gasteiger partial charge in [0.15, 0.2) is 0 Å². The van der Waals surface area contributed by atoms with Gasteiger partial charge in [0.1, 0.15) is 17.2 Å². The van der Waals surface area contributed by atoms with Crippen molar-refractivity contribution in [2.45, 2.75) is 13.8 Å². The highest BCUT2D eigenvalue weighted by Crippen LogP contribution is 2.39. The molecule has 0 aromatic heterocycles. The first-order valence-corrected chi connectivity index (χ1v) is 10.7. The van der Waals surface area contributed by atoms with Gasteiger partial charge >= 0.3 is 0 Å². The van der Waals surface area contributed by atoms with E-state index >= 15 is 0 Å². The molecule has 0 unspecified atom stereocenters. The van der Waals surface area contributed by atoms with Crippen LogP contribution in [0.4, 0.5) is 11.4 Å². The Bertz CT molecular complexity index is 1300. The van der Waals surface area contributed by atoms with Crippen LogP contribution in [0.2, 0.25) is 5.02 Å². The maximum atomic E-state index is 13.7. The minimum absolute atomic E-state index is 0.144. The average Bonchev–Trinajstić information content (AvgIpc) is 3.03. The summed E-state index contributed by atoms with van der Waals surface area (Å²) in [6, 6.07) is 17.8. The molecule has 33 heavy (non-hydrogen) atoms. The molecule has 0 fully saturated rings. The lowest BCUT2D eigenvalue weighted by Gasteiger charge is -2.18. The third-order valence-electron chi connectivity index (χ3n) is 5.47. The number of imide groups is 1. The SMILES string of the molecule is COc1ccc(NC2=C(c3ccccc3OC)C(=O)N(c3ccc(C)cc3C)C2=O)cc1Cl. The molecule has 1 aliphatic heterocycles. The van der Waals surface area contributed by atoms with Gasteiger partial charge in [0.25, 0.3) is 11.8 Å². The molecule has 0 saturated heterocycles. The van der Waals surface area contributed by atoms with Crippen LogP contribution in [0.15, 0.2) is 66.4 Å². The molecule has 0 saturated carbocycles. The topological polar surface area (TPSA) is 67.9 Å². The van der Waals surface area contributed by atoms with Crippen molar-refractivity contribution in [3.05, 3.63) is 88.1 Å². The molecular weight excluding hydrogens is 440 g/mol. The molecule has 168 valence electrons. The van der Waals surface area contributed by atoms with Crippen LogP contribution >= 0.6 is 11.6 Å². The molecule has 0 radical (unpaired) electrons. The number of nitrogens with zero attached hydrogens (tertiary/aromatic N) is 1. The number of anilines is 2. The lowest BCUT2D eigenvalue weighted by atomic mass is 10.0. The first kappa shape index (κ1) is 22.4. The highest BCUT2D eigenvalue weighted by Gasteiger charge is 2.41. The normalized spacial score (nSPS) is 13.5. The molecule has 1 heterocycles. The van der Waals surface area contributed by atoms with Crippen molar-refractivity contribution in [2.75, 3.05) is 24.4 Å². The Morgan fingerprint density at radius 1 is 0.848 bits per heavy atom. The van der Waals surface area contributed by atoms with Crippen LogP contribution < -0.4 is 19.7 Å². The highest BCUT2D eigenvalue weighted by atomic mass is 35.5. The quantitative estimate of drug-likeness (QED) is 0.499. The second kappa shape index (κ2) is 9.00. The number of carbonyl (C=O) groups is 2. The Morgan fingerprint density at radius 3 is 2.24 bits per heavy atom. The van der Waals surface area contributed by atoms with Crippen LogP contribution in [-0.4, -0.2) is 26.0 Å². The van der Waals surface area contributed by atoms with Gasteiger partial charge in [0.2, 0.25) is 0 Å². The van der Waals surface area contributed by atoms with Crippen molar-refractivity contribution in [1.29, 1.82) is 0 Å². The number of halogens is 1. The van der Waals surface area contributed by atoms with E-state index in [9.17, 15) is 9.59 Å². The van der Waals surface area contributed by atoms with Crippen molar-refractivity contribution >= 4 is 40.4 Å². The van der Waals surface area contributed by atoms with Crippen molar-refractivity contribution in [3.8, 4) is 11.5 Å². The average molecular weight is 463 g/mol. The number of hydrogen-bond donors (Lipinski definition) is 1. The predicted molar refractivity (Wildman–Crippen MR) is 130 cm³/mol. The molecule has 1 N–H and O–H groups in total. The van der Waals surface area contributed by atoms with E-state index in [-0.39, 0.29) is 11.3 Å². The number of para-hydroxylation sites is 1. The van der Waals surface area contributed by atoms with E-state index in [1.54, 1.807) is 42.5 Å². The lowest BCUT2D eigenvalue weighted by molar-refractivity contribution is -0.120. The molecule has 0 aliphatic carbocycles. The lowest BCUT2D eigenvalue weighted by Crippen LogP contribution is -2.33. The first-order chi connectivity index (χ1) is 15.8. The van der Waals surface area contributed by atoms with E-state index in [0.717, 1.165) is 11.1 Å². The van der Waals surface area contributed by atoms with Gasteiger partial charge in [-0.25, -0.2) is 4.90 Å². The van der Waals surface area contributed by atoms with Crippen molar-refractivity contribution in [1.82, 2.24) is 0 Å². The smallest absolute Gasteiger partial charge is 0.282 e. The summed E-state index contributed by atoms with van der Waals surface area (Å²) in [4.78, 5) is 28.5. The van der Waals surface area contributed by atoms with Crippen LogP contribution in [0.25, 0.3) is 5.57 Å². The number of amides is 2. The van der Waals surface area contributed by atoms with E-state index < -0.39 is 11.8 Å². The number of benzene rings is 3. The fraction of sp³-hybridized carbons (Fsp3) is 0.154. The van der Waals surface area contributed by atoms with Crippen LogP contribution in [0, 0.1) is 13.8 Å². The molecule has 3 aromatic rings. The molecule has 1 aliphatic rings. The molecule has 7 heteroatoms. The molecule has 6 nitrogen and oxygen atoms in total. The van der Waals surface area contributed by atoms with Gasteiger partial charge in [-0.3, -0.25) is 9.59 Å². The molecular formula is C26H23ClN2O4. The number of rotatable bonds is 6. The Hall–Kier alpha value is -3.77. The van der Waals surface area contributed by atoms with Gasteiger partial charge in [0.05, 0.1) is 30.5 Å². The third kappa shape index (κ3) is 4.05. The molecule has 3 aromatic carbocycles. The summed E-state index contributed by atoms with van der Waals surface area (Å²) < 4.78 is 10.7. The Morgan fingerprint density at radius 2 is 1.58 bits per heavy atom. The van der Waals surface area contributed by atoms with Gasteiger partial charge in [0, 0.05) is 11.3 Å². The van der Waals surface area contributed by atoms with E-state index in [1.807, 2.05) is 32.0 Å². The minimum Gasteiger partial charge on any atom is -0.496 e. The van der Waals surface area contributed by atoms with E-state index in [4.69, 9.17) is 21.1 Å². The van der Waals surface area contributed by atoms with E-state index in [2.05, 4.69) is 5.32 Å². The van der Waals surface area contributed by atoms with Crippen molar-refractivity contribution in [2.24, 2.45) is 0 Å². The molecule has 0 bridgehead atoms. The van der Waals surface area contributed by atoms with Crippen LogP contribution in [-0.2, 0) is 9.59 Å². The minimum atomic E-state index is -0.459. The van der Waals surface area contributed by atoms with Gasteiger partial charge in [-0.1, -0.05) is 47.5 Å². The standard InChI is InChI=1S/C26H23ClN2O4/c1-15-9-11-20(16(2)13-15)29-25(30)23(18-7-5-6-8-21(18)32-3)24(26(29)31)28-17-10-12-22(33-4)19(27)14-17/h5-14,28H,1-4H3. The number of ether oxygens (including phenoxy) is 2. The van der Waals surface area contributed by atoms with E-state index in [0.29, 0.717) is 33.5 Å². The molecule has 0 atom stereocenters. The van der Waals surface area contributed by atoms with Gasteiger partial charge in [-0.2, -0.15) is 0 Å². The van der Waals surface area contributed by atoms with Gasteiger partial charge in [-0.05, 0) is 49.7 Å². The zero-order valence-electron chi connectivity index (χ0n) is 18.7. The van der Waals surface area contributed by atoms with Crippen LogP contribution in [0.5, 0.6) is 11.5 Å². The molecule has 2 amide bonds. The van der Waals surface area contributed by atoms with Crippen molar-refractivity contribution in [3.63, 3.8) is 0 Å². The zero-order valence-corrected chi connectivity index (χ0v) is 19.5. The fourth-order valence-corrected chi connectivity index (χ4v) is 4.17. The summed E-state index contributed by atoms with van der Waals surface area (Å²) in [7, 11) is 3.05. The molecule has 4 rings (SSSR count). The fourth-order valence-electron chi connectivity index (χ4n) is 3.91. The van der Waals surface area contributed by atoms with Crippen LogP contribution in [0.3, 0.4) is 0 Å². The number of aryl methyl sites for hydroxylation is 2. The number of nitrogens with one attached hydrogen (secondary N) is 1. The maximum Gasteiger partial charge on any atom is 0.282 e. The van der Waals surface area contributed by atoms with Crippen LogP contribution in [0.1, 0.15) is 16.7 Å². The summed E-state index contributed by atoms with van der Waals surface area (Å²) in [5, 5.41) is 3.50. The Labute approximate surface area is 197 Å². The first-order valence-electron chi connectivity index (χ1n) is 10.3. The highest BCUT2D eigenvalue weighted by molar-refractivity contribution is 6.46. The number of hydrogen-bond acceptors (Lipinski definition) is 5. The summed E-state index contributed by atoms with van der Waals surface area (Å²) in [6.07, 6.45) is 0. The zero-order chi connectivity index (χ0) is 23.7. The number of methoxy groups -OCH3 is 2. The third-order valence-corrected chi connectivity index (χ3v) is 5.77. The van der Waals surface area contributed by atoms with Crippen molar-refractivity contribution < 1.29 is 19.1 Å². The Kier molecular flexibility index (Phi) is 6.11. The summed E-state index contributed by atoms with van der Waals surface area (Å²) >= 11 is 6.28. The van der Waals surface area contributed by atoms with Gasteiger partial charge < -0.3 is 14.8 Å². The summed E-state index contributed by atoms with van der Waals surface area (Å²) in [5.74, 6) is 0.105.